The minimum atomic E-state index is -0.330. The molecule has 1 atom stereocenters. The number of amides is 2. The third-order valence-corrected chi connectivity index (χ3v) is 5.45. The smallest absolute Gasteiger partial charge is 0.227 e. The molecule has 0 bridgehead atoms. The van der Waals surface area contributed by atoms with Crippen LogP contribution in [0.3, 0.4) is 0 Å². The van der Waals surface area contributed by atoms with E-state index in [1.54, 1.807) is 17.0 Å². The first-order valence-electron chi connectivity index (χ1n) is 9.09. The number of rotatable bonds is 6. The zero-order valence-electron chi connectivity index (χ0n) is 15.2. The van der Waals surface area contributed by atoms with Gasteiger partial charge in [-0.3, -0.25) is 9.59 Å². The summed E-state index contributed by atoms with van der Waals surface area (Å²) in [7, 11) is 0. The van der Waals surface area contributed by atoms with Gasteiger partial charge < -0.3 is 10.2 Å². The first-order valence-corrected chi connectivity index (χ1v) is 9.84. The van der Waals surface area contributed by atoms with Gasteiger partial charge >= 0.3 is 0 Å². The van der Waals surface area contributed by atoms with Crippen LogP contribution in [0.15, 0.2) is 42.5 Å². The Morgan fingerprint density at radius 1 is 1.19 bits per heavy atom. The number of halogens is 2. The minimum Gasteiger partial charge on any atom is -0.355 e. The van der Waals surface area contributed by atoms with E-state index in [4.69, 9.17) is 23.2 Å². The van der Waals surface area contributed by atoms with Gasteiger partial charge in [0.1, 0.15) is 0 Å². The number of carbonyl (C=O) groups excluding carboxylic acids is 2. The summed E-state index contributed by atoms with van der Waals surface area (Å²) in [6.07, 6.45) is 1.81. The SMILES string of the molecule is CCc1ccc(N2CC(C(=O)NCCc3ccc(Cl)cc3Cl)CC2=O)cc1. The molecule has 0 radical (unpaired) electrons. The van der Waals surface area contributed by atoms with E-state index in [1.165, 1.54) is 5.56 Å². The minimum absolute atomic E-state index is 0.0138. The summed E-state index contributed by atoms with van der Waals surface area (Å²) in [5.74, 6) is -0.440. The number of hydrogen-bond acceptors (Lipinski definition) is 2. The first-order chi connectivity index (χ1) is 13.0. The molecule has 1 fully saturated rings. The molecule has 2 aromatic carbocycles. The van der Waals surface area contributed by atoms with Gasteiger partial charge in [0.15, 0.2) is 0 Å². The number of anilines is 1. The molecule has 0 saturated carbocycles. The predicted molar refractivity (Wildman–Crippen MR) is 109 cm³/mol. The van der Waals surface area contributed by atoms with Gasteiger partial charge in [0, 0.05) is 35.2 Å². The van der Waals surface area contributed by atoms with Crippen molar-refractivity contribution in [2.75, 3.05) is 18.0 Å². The second-order valence-corrected chi connectivity index (χ2v) is 7.55. The molecule has 1 N–H and O–H groups in total. The number of hydrogen-bond donors (Lipinski definition) is 1. The molecule has 27 heavy (non-hydrogen) atoms. The molecule has 0 aromatic heterocycles. The Kier molecular flexibility index (Phi) is 6.40. The highest BCUT2D eigenvalue weighted by Crippen LogP contribution is 2.26. The van der Waals surface area contributed by atoms with Crippen molar-refractivity contribution in [2.24, 2.45) is 5.92 Å². The van der Waals surface area contributed by atoms with E-state index in [1.807, 2.05) is 30.3 Å². The maximum absolute atomic E-state index is 12.5. The highest BCUT2D eigenvalue weighted by Gasteiger charge is 2.34. The highest BCUT2D eigenvalue weighted by atomic mass is 35.5. The van der Waals surface area contributed by atoms with Crippen LogP contribution in [0, 0.1) is 5.92 Å². The second-order valence-electron chi connectivity index (χ2n) is 6.70. The molecule has 2 aromatic rings. The van der Waals surface area contributed by atoms with Crippen LogP contribution in [-0.2, 0) is 22.4 Å². The van der Waals surface area contributed by atoms with E-state index in [2.05, 4.69) is 12.2 Å². The summed E-state index contributed by atoms with van der Waals surface area (Å²) in [4.78, 5) is 26.5. The van der Waals surface area contributed by atoms with Crippen LogP contribution in [0.2, 0.25) is 10.0 Å². The summed E-state index contributed by atoms with van der Waals surface area (Å²) in [6.45, 7) is 2.97. The molecule has 1 aliphatic rings. The van der Waals surface area contributed by atoms with Crippen LogP contribution in [0.1, 0.15) is 24.5 Å². The van der Waals surface area contributed by atoms with Crippen LogP contribution < -0.4 is 10.2 Å². The number of aryl methyl sites for hydroxylation is 1. The van der Waals surface area contributed by atoms with Gasteiger partial charge in [-0.1, -0.05) is 48.3 Å². The number of nitrogens with zero attached hydrogens (tertiary/aromatic N) is 1. The molecular formula is C21H22Cl2N2O2. The summed E-state index contributed by atoms with van der Waals surface area (Å²) in [6, 6.07) is 13.3. The van der Waals surface area contributed by atoms with E-state index in [0.29, 0.717) is 29.6 Å². The van der Waals surface area contributed by atoms with Crippen molar-refractivity contribution in [3.63, 3.8) is 0 Å². The van der Waals surface area contributed by atoms with Crippen LogP contribution >= 0.6 is 23.2 Å². The highest BCUT2D eigenvalue weighted by molar-refractivity contribution is 6.35. The lowest BCUT2D eigenvalue weighted by molar-refractivity contribution is -0.126. The quantitative estimate of drug-likeness (QED) is 0.781. The Morgan fingerprint density at radius 2 is 1.93 bits per heavy atom. The second kappa shape index (κ2) is 8.77. The Balaban J connectivity index is 1.54. The number of benzene rings is 2. The largest absolute Gasteiger partial charge is 0.355 e. The van der Waals surface area contributed by atoms with Crippen LogP contribution in [-0.4, -0.2) is 24.9 Å². The van der Waals surface area contributed by atoms with E-state index >= 15 is 0 Å². The topological polar surface area (TPSA) is 49.4 Å². The Hall–Kier alpha value is -2.04. The predicted octanol–water partition coefficient (Wildman–Crippen LogP) is 4.27. The Bertz CT molecular complexity index is 837. The molecule has 6 heteroatoms. The van der Waals surface area contributed by atoms with Crippen LogP contribution in [0.4, 0.5) is 5.69 Å². The molecular weight excluding hydrogens is 383 g/mol. The normalized spacial score (nSPS) is 16.6. The van der Waals surface area contributed by atoms with E-state index in [0.717, 1.165) is 17.7 Å². The fourth-order valence-electron chi connectivity index (χ4n) is 3.23. The van der Waals surface area contributed by atoms with Crippen LogP contribution in [0.5, 0.6) is 0 Å². The molecule has 3 rings (SSSR count). The van der Waals surface area contributed by atoms with Gasteiger partial charge in [0.2, 0.25) is 11.8 Å². The third-order valence-electron chi connectivity index (χ3n) is 4.86. The average molecular weight is 405 g/mol. The first kappa shape index (κ1) is 19.7. The van der Waals surface area contributed by atoms with Gasteiger partial charge in [0.25, 0.3) is 0 Å². The monoisotopic (exact) mass is 404 g/mol. The Labute approximate surface area is 169 Å². The maximum atomic E-state index is 12.5. The lowest BCUT2D eigenvalue weighted by atomic mass is 10.1. The van der Waals surface area contributed by atoms with Crippen molar-refractivity contribution < 1.29 is 9.59 Å². The van der Waals surface area contributed by atoms with Crippen molar-refractivity contribution >= 4 is 40.7 Å². The lowest BCUT2D eigenvalue weighted by Crippen LogP contribution is -2.34. The van der Waals surface area contributed by atoms with E-state index < -0.39 is 0 Å². The van der Waals surface area contributed by atoms with Crippen LogP contribution in [0.25, 0.3) is 0 Å². The fourth-order valence-corrected chi connectivity index (χ4v) is 3.74. The molecule has 0 spiro atoms. The summed E-state index contributed by atoms with van der Waals surface area (Å²) >= 11 is 12.0. The van der Waals surface area contributed by atoms with Gasteiger partial charge in [-0.05, 0) is 48.2 Å². The molecule has 1 aliphatic heterocycles. The number of carbonyl (C=O) groups is 2. The number of nitrogens with one attached hydrogen (secondary N) is 1. The van der Waals surface area contributed by atoms with E-state index in [9.17, 15) is 9.59 Å². The van der Waals surface area contributed by atoms with Gasteiger partial charge in [-0.2, -0.15) is 0 Å². The average Bonchev–Trinajstić information content (AvgIpc) is 3.05. The zero-order valence-corrected chi connectivity index (χ0v) is 16.7. The molecule has 1 unspecified atom stereocenters. The van der Waals surface area contributed by atoms with Crippen molar-refractivity contribution in [2.45, 2.75) is 26.2 Å². The summed E-state index contributed by atoms with van der Waals surface area (Å²) < 4.78 is 0. The van der Waals surface area contributed by atoms with E-state index in [-0.39, 0.29) is 24.2 Å². The summed E-state index contributed by atoms with van der Waals surface area (Å²) in [5.41, 5.74) is 3.00. The molecule has 0 aliphatic carbocycles. The Morgan fingerprint density at radius 3 is 2.59 bits per heavy atom. The standard InChI is InChI=1S/C21H22Cl2N2O2/c1-2-14-3-7-18(8-4-14)25-13-16(11-20(25)26)21(27)24-10-9-15-5-6-17(22)12-19(15)23/h3-8,12,16H,2,9-11,13H2,1H3,(H,24,27). The maximum Gasteiger partial charge on any atom is 0.227 e. The zero-order chi connectivity index (χ0) is 19.4. The van der Waals surface area contributed by atoms with Crippen molar-refractivity contribution in [1.82, 2.24) is 5.32 Å². The molecule has 4 nitrogen and oxygen atoms in total. The van der Waals surface area contributed by atoms with Gasteiger partial charge in [0.05, 0.1) is 5.92 Å². The van der Waals surface area contributed by atoms with Gasteiger partial charge in [-0.25, -0.2) is 0 Å². The molecule has 142 valence electrons. The summed E-state index contributed by atoms with van der Waals surface area (Å²) in [5, 5.41) is 4.10. The fraction of sp³-hybridized carbons (Fsp3) is 0.333. The lowest BCUT2D eigenvalue weighted by Gasteiger charge is -2.17. The molecule has 2 amide bonds. The molecule has 1 saturated heterocycles. The van der Waals surface area contributed by atoms with Crippen molar-refractivity contribution in [3.05, 3.63) is 63.6 Å². The van der Waals surface area contributed by atoms with Gasteiger partial charge in [-0.15, -0.1) is 0 Å². The van der Waals surface area contributed by atoms with Crippen molar-refractivity contribution in [3.8, 4) is 0 Å². The third kappa shape index (κ3) is 4.82. The molecule has 1 heterocycles. The van der Waals surface area contributed by atoms with Crippen molar-refractivity contribution in [1.29, 1.82) is 0 Å².